The van der Waals surface area contributed by atoms with Crippen molar-refractivity contribution in [2.24, 2.45) is 0 Å². The number of carboxylic acid groups (broad SMARTS) is 1. The van der Waals surface area contributed by atoms with Crippen molar-refractivity contribution in [1.29, 1.82) is 0 Å². The molecule has 3 rings (SSSR count). The zero-order valence-corrected chi connectivity index (χ0v) is 10.3. The summed E-state index contributed by atoms with van der Waals surface area (Å²) >= 11 is 0. The van der Waals surface area contributed by atoms with Crippen molar-refractivity contribution < 1.29 is 9.90 Å². The predicted octanol–water partition coefficient (Wildman–Crippen LogP) is 3.03. The zero-order chi connectivity index (χ0) is 12.6. The highest BCUT2D eigenvalue weighted by Gasteiger charge is 2.43. The largest absolute Gasteiger partial charge is 0.478 e. The van der Waals surface area contributed by atoms with Crippen LogP contribution in [0.1, 0.15) is 48.0 Å². The van der Waals surface area contributed by atoms with Crippen LogP contribution in [0.4, 0.5) is 0 Å². The van der Waals surface area contributed by atoms with Crippen LogP contribution in [-0.2, 0) is 5.54 Å². The highest BCUT2D eigenvalue weighted by Crippen LogP contribution is 2.45. The van der Waals surface area contributed by atoms with E-state index in [1.165, 1.54) is 30.4 Å². The third kappa shape index (κ3) is 2.01. The molecule has 0 bridgehead atoms. The number of carboxylic acids is 1. The predicted molar refractivity (Wildman–Crippen MR) is 69.4 cm³/mol. The summed E-state index contributed by atoms with van der Waals surface area (Å²) < 4.78 is 0. The van der Waals surface area contributed by atoms with Crippen LogP contribution in [0.3, 0.4) is 0 Å². The van der Waals surface area contributed by atoms with Crippen LogP contribution < -0.4 is 5.32 Å². The quantitative estimate of drug-likeness (QED) is 0.854. The number of rotatable bonds is 4. The normalized spacial score (nSPS) is 19.9. The van der Waals surface area contributed by atoms with E-state index in [2.05, 4.69) is 11.5 Å². The van der Waals surface area contributed by atoms with Crippen LogP contribution in [0.15, 0.2) is 36.0 Å². The molecule has 2 aliphatic rings. The van der Waals surface area contributed by atoms with Crippen molar-refractivity contribution in [2.45, 2.75) is 37.6 Å². The fourth-order valence-electron chi connectivity index (χ4n) is 2.34. The Hall–Kier alpha value is -1.77. The van der Waals surface area contributed by atoms with Gasteiger partial charge in [-0.2, -0.15) is 0 Å². The van der Waals surface area contributed by atoms with Gasteiger partial charge in [-0.25, -0.2) is 4.79 Å². The standard InChI is InChI=1S/C15H17NO2/c17-14(18)12-4-6-13(7-5-12)15(8-9-15)16-10-11-2-1-3-11/h4-7,10,16H,1-3,8-9H2,(H,17,18). The molecule has 1 aromatic carbocycles. The fraction of sp³-hybridized carbons (Fsp3) is 0.400. The van der Waals surface area contributed by atoms with Gasteiger partial charge in [-0.15, -0.1) is 0 Å². The minimum Gasteiger partial charge on any atom is -0.478 e. The highest BCUT2D eigenvalue weighted by atomic mass is 16.4. The summed E-state index contributed by atoms with van der Waals surface area (Å²) in [5, 5.41) is 12.4. The lowest BCUT2D eigenvalue weighted by Gasteiger charge is -2.21. The van der Waals surface area contributed by atoms with Crippen molar-refractivity contribution in [3.05, 3.63) is 47.2 Å². The van der Waals surface area contributed by atoms with E-state index in [1.54, 1.807) is 12.1 Å². The Morgan fingerprint density at radius 2 is 1.89 bits per heavy atom. The van der Waals surface area contributed by atoms with Crippen molar-refractivity contribution in [3.63, 3.8) is 0 Å². The Labute approximate surface area is 107 Å². The van der Waals surface area contributed by atoms with E-state index in [-0.39, 0.29) is 5.54 Å². The van der Waals surface area contributed by atoms with Gasteiger partial charge in [0.1, 0.15) is 0 Å². The summed E-state index contributed by atoms with van der Waals surface area (Å²) in [6, 6.07) is 7.25. The van der Waals surface area contributed by atoms with Crippen LogP contribution >= 0.6 is 0 Å². The van der Waals surface area contributed by atoms with Gasteiger partial charge < -0.3 is 10.4 Å². The first-order valence-electron chi connectivity index (χ1n) is 6.49. The summed E-state index contributed by atoms with van der Waals surface area (Å²) in [5.41, 5.74) is 3.12. The van der Waals surface area contributed by atoms with Gasteiger partial charge in [0.2, 0.25) is 0 Å². The SMILES string of the molecule is O=C(O)c1ccc(C2(NC=C3CCC3)CC2)cc1. The molecule has 0 radical (unpaired) electrons. The summed E-state index contributed by atoms with van der Waals surface area (Å²) in [7, 11) is 0. The van der Waals surface area contributed by atoms with Crippen LogP contribution in [-0.4, -0.2) is 11.1 Å². The molecule has 0 amide bonds. The molecule has 0 aromatic heterocycles. The molecule has 0 atom stereocenters. The Morgan fingerprint density at radius 3 is 2.33 bits per heavy atom. The van der Waals surface area contributed by atoms with Crippen molar-refractivity contribution in [3.8, 4) is 0 Å². The molecule has 3 nitrogen and oxygen atoms in total. The second-order valence-electron chi connectivity index (χ2n) is 5.27. The van der Waals surface area contributed by atoms with Gasteiger partial charge in [0.05, 0.1) is 11.1 Å². The summed E-state index contributed by atoms with van der Waals surface area (Å²) in [5.74, 6) is -0.865. The average Bonchev–Trinajstić information content (AvgIpc) is 3.08. The summed E-state index contributed by atoms with van der Waals surface area (Å²) in [6.45, 7) is 0. The molecule has 0 saturated heterocycles. The van der Waals surface area contributed by atoms with Gasteiger partial charge in [-0.3, -0.25) is 0 Å². The lowest BCUT2D eigenvalue weighted by molar-refractivity contribution is 0.0697. The van der Waals surface area contributed by atoms with Crippen molar-refractivity contribution in [2.75, 3.05) is 0 Å². The molecule has 0 heterocycles. The molecule has 0 unspecified atom stereocenters. The molecule has 2 aliphatic carbocycles. The topological polar surface area (TPSA) is 49.3 Å². The van der Waals surface area contributed by atoms with Crippen LogP contribution in [0.25, 0.3) is 0 Å². The summed E-state index contributed by atoms with van der Waals surface area (Å²) in [4.78, 5) is 10.8. The molecular weight excluding hydrogens is 226 g/mol. The zero-order valence-electron chi connectivity index (χ0n) is 10.3. The van der Waals surface area contributed by atoms with Crippen LogP contribution in [0, 0.1) is 0 Å². The maximum atomic E-state index is 10.8. The smallest absolute Gasteiger partial charge is 0.335 e. The Morgan fingerprint density at radius 1 is 1.22 bits per heavy atom. The minimum absolute atomic E-state index is 0.0691. The number of carbonyl (C=O) groups is 1. The van der Waals surface area contributed by atoms with Crippen molar-refractivity contribution in [1.82, 2.24) is 5.32 Å². The molecule has 2 fully saturated rings. The number of hydrogen-bond donors (Lipinski definition) is 2. The third-order valence-corrected chi connectivity index (χ3v) is 3.98. The van der Waals surface area contributed by atoms with Crippen LogP contribution in [0.5, 0.6) is 0 Å². The number of hydrogen-bond acceptors (Lipinski definition) is 2. The van der Waals surface area contributed by atoms with E-state index >= 15 is 0 Å². The first-order chi connectivity index (χ1) is 8.70. The first-order valence-corrected chi connectivity index (χ1v) is 6.49. The van der Waals surface area contributed by atoms with E-state index in [0.29, 0.717) is 5.56 Å². The molecule has 2 saturated carbocycles. The van der Waals surface area contributed by atoms with E-state index in [1.807, 2.05) is 12.1 Å². The van der Waals surface area contributed by atoms with E-state index in [4.69, 9.17) is 5.11 Å². The lowest BCUT2D eigenvalue weighted by Crippen LogP contribution is -2.25. The van der Waals surface area contributed by atoms with E-state index in [9.17, 15) is 4.79 Å². The van der Waals surface area contributed by atoms with E-state index in [0.717, 1.165) is 12.8 Å². The second-order valence-corrected chi connectivity index (χ2v) is 5.27. The van der Waals surface area contributed by atoms with Crippen molar-refractivity contribution >= 4 is 5.97 Å². The van der Waals surface area contributed by atoms with Gasteiger partial charge >= 0.3 is 5.97 Å². The Bertz CT molecular complexity index is 492. The van der Waals surface area contributed by atoms with Gasteiger partial charge in [-0.05, 0) is 56.0 Å². The lowest BCUT2D eigenvalue weighted by atomic mass is 9.93. The summed E-state index contributed by atoms with van der Waals surface area (Å²) in [6.07, 6.45) is 8.18. The molecule has 0 spiro atoms. The number of benzene rings is 1. The van der Waals surface area contributed by atoms with Gasteiger partial charge in [0.15, 0.2) is 0 Å². The van der Waals surface area contributed by atoms with Crippen LogP contribution in [0.2, 0.25) is 0 Å². The monoisotopic (exact) mass is 243 g/mol. The second kappa shape index (κ2) is 4.16. The molecule has 2 N–H and O–H groups in total. The molecule has 1 aromatic rings. The molecule has 94 valence electrons. The molecule has 0 aliphatic heterocycles. The number of allylic oxidation sites excluding steroid dienone is 1. The number of nitrogens with one attached hydrogen (secondary N) is 1. The third-order valence-electron chi connectivity index (χ3n) is 3.98. The average molecular weight is 243 g/mol. The first kappa shape index (κ1) is 11.3. The highest BCUT2D eigenvalue weighted by molar-refractivity contribution is 5.87. The maximum absolute atomic E-state index is 10.8. The Kier molecular flexibility index (Phi) is 2.62. The maximum Gasteiger partial charge on any atom is 0.335 e. The minimum atomic E-state index is -0.865. The molecule has 18 heavy (non-hydrogen) atoms. The number of aromatic carboxylic acids is 1. The fourth-order valence-corrected chi connectivity index (χ4v) is 2.34. The molecule has 3 heteroatoms. The van der Waals surface area contributed by atoms with Gasteiger partial charge in [0, 0.05) is 0 Å². The van der Waals surface area contributed by atoms with Gasteiger partial charge in [0.25, 0.3) is 0 Å². The molecular formula is C15H17NO2. The van der Waals surface area contributed by atoms with Gasteiger partial charge in [-0.1, -0.05) is 17.7 Å². The van der Waals surface area contributed by atoms with E-state index < -0.39 is 5.97 Å². The Balaban J connectivity index is 1.74.